The Kier molecular flexibility index (Phi) is 3.93. The van der Waals surface area contributed by atoms with Crippen LogP contribution in [0.25, 0.3) is 11.0 Å². The van der Waals surface area contributed by atoms with Crippen molar-refractivity contribution in [3.05, 3.63) is 95.6 Å². The molecule has 0 amide bonds. The molecule has 0 aliphatic carbocycles. The fourth-order valence-corrected chi connectivity index (χ4v) is 4.17. The second kappa shape index (κ2) is 6.58. The molecule has 0 fully saturated rings. The maximum atomic E-state index is 4.89. The van der Waals surface area contributed by atoms with E-state index in [1.807, 2.05) is 0 Å². The number of fused-ring (bicyclic) bond motifs is 3. The number of imidazole rings is 1. The van der Waals surface area contributed by atoms with Crippen LogP contribution in [0, 0.1) is 0 Å². The summed E-state index contributed by atoms with van der Waals surface area (Å²) >= 11 is 0. The van der Waals surface area contributed by atoms with Gasteiger partial charge in [-0.1, -0.05) is 73.7 Å². The summed E-state index contributed by atoms with van der Waals surface area (Å²) in [6.45, 7) is 2.20. The van der Waals surface area contributed by atoms with E-state index < -0.39 is 0 Å². The Morgan fingerprint density at radius 3 is 2.41 bits per heavy atom. The molecule has 0 bridgehead atoms. The van der Waals surface area contributed by atoms with E-state index in [9.17, 15) is 0 Å². The van der Waals surface area contributed by atoms with Gasteiger partial charge in [-0.3, -0.25) is 0 Å². The predicted octanol–water partition coefficient (Wildman–Crippen LogP) is 5.75. The molecule has 0 radical (unpaired) electrons. The number of hydrogen-bond acceptors (Lipinski definition) is 2. The summed E-state index contributed by atoms with van der Waals surface area (Å²) in [6.07, 6.45) is 2.07. The van der Waals surface area contributed by atoms with Crippen molar-refractivity contribution in [3.63, 3.8) is 0 Å². The molecule has 3 heteroatoms. The highest BCUT2D eigenvalue weighted by molar-refractivity contribution is 5.79. The van der Waals surface area contributed by atoms with Crippen molar-refractivity contribution >= 4 is 17.0 Å². The van der Waals surface area contributed by atoms with Gasteiger partial charge in [0.1, 0.15) is 0 Å². The molecule has 0 saturated carbocycles. The molecule has 0 spiro atoms. The highest BCUT2D eigenvalue weighted by Crippen LogP contribution is 2.41. The summed E-state index contributed by atoms with van der Waals surface area (Å²) in [5, 5.41) is 3.68. The van der Waals surface area contributed by atoms with Crippen LogP contribution >= 0.6 is 0 Å². The molecular formula is C24H23N3. The molecule has 2 atom stereocenters. The van der Waals surface area contributed by atoms with Gasteiger partial charge in [0.25, 0.3) is 0 Å². The Morgan fingerprint density at radius 2 is 1.63 bits per heavy atom. The Labute approximate surface area is 159 Å². The summed E-state index contributed by atoms with van der Waals surface area (Å²) in [7, 11) is 0. The van der Waals surface area contributed by atoms with Crippen LogP contribution in [0.3, 0.4) is 0 Å². The van der Waals surface area contributed by atoms with Gasteiger partial charge in [0.2, 0.25) is 5.95 Å². The molecule has 2 heterocycles. The maximum Gasteiger partial charge on any atom is 0.204 e. The van der Waals surface area contributed by atoms with Crippen LogP contribution in [0.5, 0.6) is 0 Å². The Bertz CT molecular complexity index is 1060. The van der Waals surface area contributed by atoms with Crippen molar-refractivity contribution in [1.82, 2.24) is 9.55 Å². The van der Waals surface area contributed by atoms with Crippen molar-refractivity contribution in [3.8, 4) is 0 Å². The normalized spacial score (nSPS) is 18.9. The monoisotopic (exact) mass is 353 g/mol. The molecular weight excluding hydrogens is 330 g/mol. The molecule has 0 unspecified atom stereocenters. The van der Waals surface area contributed by atoms with Gasteiger partial charge in [0.05, 0.1) is 23.1 Å². The first-order chi connectivity index (χ1) is 13.3. The molecule has 4 aromatic rings. The average molecular weight is 353 g/mol. The minimum absolute atomic E-state index is 0.256. The van der Waals surface area contributed by atoms with Gasteiger partial charge in [0.15, 0.2) is 0 Å². The van der Waals surface area contributed by atoms with Gasteiger partial charge in [-0.2, -0.15) is 0 Å². The smallest absolute Gasteiger partial charge is 0.204 e. The van der Waals surface area contributed by atoms with Crippen molar-refractivity contribution in [2.24, 2.45) is 0 Å². The minimum atomic E-state index is 0.256. The Morgan fingerprint density at radius 1 is 0.889 bits per heavy atom. The predicted molar refractivity (Wildman–Crippen MR) is 111 cm³/mol. The van der Waals surface area contributed by atoms with Gasteiger partial charge < -0.3 is 9.88 Å². The van der Waals surface area contributed by atoms with E-state index in [1.165, 1.54) is 22.2 Å². The van der Waals surface area contributed by atoms with Crippen LogP contribution in [-0.4, -0.2) is 9.55 Å². The highest BCUT2D eigenvalue weighted by atomic mass is 15.3. The Balaban J connectivity index is 1.65. The molecule has 0 saturated heterocycles. The lowest BCUT2D eigenvalue weighted by atomic mass is 9.92. The lowest BCUT2D eigenvalue weighted by Crippen LogP contribution is -2.27. The fourth-order valence-electron chi connectivity index (χ4n) is 4.17. The third-order valence-electron chi connectivity index (χ3n) is 5.64. The second-order valence-electron chi connectivity index (χ2n) is 7.25. The van der Waals surface area contributed by atoms with E-state index in [0.29, 0.717) is 0 Å². The zero-order chi connectivity index (χ0) is 18.2. The van der Waals surface area contributed by atoms with Crippen LogP contribution < -0.4 is 5.32 Å². The average Bonchev–Trinajstić information content (AvgIpc) is 3.12. The van der Waals surface area contributed by atoms with E-state index in [0.717, 1.165) is 24.3 Å². The van der Waals surface area contributed by atoms with Crippen LogP contribution in [0.4, 0.5) is 5.95 Å². The number of aryl methyl sites for hydroxylation is 1. The van der Waals surface area contributed by atoms with E-state index in [4.69, 9.17) is 4.98 Å². The van der Waals surface area contributed by atoms with Crippen molar-refractivity contribution in [2.75, 3.05) is 5.32 Å². The zero-order valence-electron chi connectivity index (χ0n) is 15.5. The largest absolute Gasteiger partial charge is 0.349 e. The number of para-hydroxylation sites is 2. The lowest BCUT2D eigenvalue weighted by molar-refractivity contribution is 0.477. The van der Waals surface area contributed by atoms with Gasteiger partial charge in [0, 0.05) is 0 Å². The topological polar surface area (TPSA) is 29.9 Å². The van der Waals surface area contributed by atoms with Crippen LogP contribution in [0.15, 0.2) is 78.9 Å². The summed E-state index contributed by atoms with van der Waals surface area (Å²) in [5.41, 5.74) is 6.27. The number of nitrogens with one attached hydrogen (secondary N) is 1. The fraction of sp³-hybridized carbons (Fsp3) is 0.208. The molecule has 1 aromatic heterocycles. The van der Waals surface area contributed by atoms with E-state index in [2.05, 4.69) is 95.7 Å². The molecule has 1 aliphatic rings. The van der Waals surface area contributed by atoms with Crippen LogP contribution in [0.1, 0.15) is 42.1 Å². The molecule has 1 N–H and O–H groups in total. The second-order valence-corrected chi connectivity index (χ2v) is 7.25. The van der Waals surface area contributed by atoms with Crippen molar-refractivity contribution in [2.45, 2.75) is 31.8 Å². The van der Waals surface area contributed by atoms with Crippen molar-refractivity contribution < 1.29 is 0 Å². The zero-order valence-corrected chi connectivity index (χ0v) is 15.5. The number of anilines is 1. The Hall–Kier alpha value is -3.07. The third kappa shape index (κ3) is 2.80. The number of hydrogen-bond donors (Lipinski definition) is 1. The quantitative estimate of drug-likeness (QED) is 0.508. The van der Waals surface area contributed by atoms with Gasteiger partial charge in [-0.05, 0) is 41.7 Å². The number of nitrogens with zero attached hydrogens (tertiary/aromatic N) is 2. The van der Waals surface area contributed by atoms with Gasteiger partial charge >= 0.3 is 0 Å². The van der Waals surface area contributed by atoms with E-state index in [-0.39, 0.29) is 12.1 Å². The van der Waals surface area contributed by atoms with Crippen LogP contribution in [0.2, 0.25) is 0 Å². The van der Waals surface area contributed by atoms with Gasteiger partial charge in [-0.15, -0.1) is 0 Å². The SMILES string of the molecule is CCc1ccc([C@@H]2C[C@H](c3ccccc3)Nc3nc4ccccc4n32)cc1. The summed E-state index contributed by atoms with van der Waals surface area (Å²) < 4.78 is 2.37. The minimum Gasteiger partial charge on any atom is -0.349 e. The molecule has 27 heavy (non-hydrogen) atoms. The molecule has 1 aliphatic heterocycles. The summed E-state index contributed by atoms with van der Waals surface area (Å²) in [4.78, 5) is 4.89. The summed E-state index contributed by atoms with van der Waals surface area (Å²) in [5.74, 6) is 0.959. The first-order valence-corrected chi connectivity index (χ1v) is 9.71. The highest BCUT2D eigenvalue weighted by Gasteiger charge is 2.30. The molecule has 134 valence electrons. The van der Waals surface area contributed by atoms with E-state index in [1.54, 1.807) is 0 Å². The standard InChI is InChI=1S/C24H23N3/c1-2-17-12-14-19(15-13-17)23-16-21(18-8-4-3-5-9-18)26-24-25-20-10-6-7-11-22(20)27(23)24/h3-15,21,23H,2,16H2,1H3,(H,25,26)/t21-,23+/m1/s1. The number of aromatic nitrogens is 2. The molecule has 3 aromatic carbocycles. The maximum absolute atomic E-state index is 4.89. The third-order valence-corrected chi connectivity index (χ3v) is 5.64. The molecule has 3 nitrogen and oxygen atoms in total. The summed E-state index contributed by atoms with van der Waals surface area (Å²) in [6, 6.07) is 28.7. The van der Waals surface area contributed by atoms with Crippen LogP contribution in [-0.2, 0) is 6.42 Å². The number of benzene rings is 3. The first-order valence-electron chi connectivity index (χ1n) is 9.71. The first kappa shape index (κ1) is 16.1. The molecule has 5 rings (SSSR count). The van der Waals surface area contributed by atoms with Gasteiger partial charge in [-0.25, -0.2) is 4.98 Å². The van der Waals surface area contributed by atoms with E-state index >= 15 is 0 Å². The lowest BCUT2D eigenvalue weighted by Gasteiger charge is -2.33. The number of rotatable bonds is 3. The van der Waals surface area contributed by atoms with Crippen molar-refractivity contribution in [1.29, 1.82) is 0 Å².